The minimum atomic E-state index is 0.475. The zero-order chi connectivity index (χ0) is 11.5. The molecule has 0 saturated carbocycles. The van der Waals surface area contributed by atoms with E-state index >= 15 is 0 Å². The maximum absolute atomic E-state index is 5.90. The second-order valence-corrected chi connectivity index (χ2v) is 4.57. The van der Waals surface area contributed by atoms with Gasteiger partial charge in [0.05, 0.1) is 13.2 Å². The molecular formula is C11H16ClN3O. The molecule has 0 amide bonds. The molecule has 1 aliphatic heterocycles. The molecule has 1 aromatic rings. The van der Waals surface area contributed by atoms with Crippen molar-refractivity contribution < 1.29 is 4.74 Å². The van der Waals surface area contributed by atoms with E-state index in [1.165, 1.54) is 0 Å². The molecule has 2 heterocycles. The lowest BCUT2D eigenvalue weighted by molar-refractivity contribution is 0.155. The Kier molecular flexibility index (Phi) is 3.74. The van der Waals surface area contributed by atoms with Crippen molar-refractivity contribution in [2.75, 3.05) is 20.3 Å². The average Bonchev–Trinajstić information content (AvgIpc) is 2.68. The minimum Gasteiger partial charge on any atom is -0.380 e. The summed E-state index contributed by atoms with van der Waals surface area (Å²) < 4.78 is 5.35. The first-order valence-corrected chi connectivity index (χ1v) is 5.81. The van der Waals surface area contributed by atoms with Crippen LogP contribution in [0.1, 0.15) is 17.9 Å². The highest BCUT2D eigenvalue weighted by atomic mass is 35.5. The van der Waals surface area contributed by atoms with E-state index in [1.807, 2.05) is 6.92 Å². The van der Waals surface area contributed by atoms with Gasteiger partial charge in [0.2, 0.25) is 0 Å². The topological polar surface area (TPSA) is 38.2 Å². The molecule has 1 saturated heterocycles. The van der Waals surface area contributed by atoms with Gasteiger partial charge in [0.25, 0.3) is 0 Å². The highest BCUT2D eigenvalue weighted by Crippen LogP contribution is 2.13. The van der Waals surface area contributed by atoms with Crippen LogP contribution < -0.4 is 0 Å². The van der Waals surface area contributed by atoms with Gasteiger partial charge in [-0.1, -0.05) is 11.6 Å². The summed E-state index contributed by atoms with van der Waals surface area (Å²) in [6.45, 7) is 4.30. The van der Waals surface area contributed by atoms with E-state index in [9.17, 15) is 0 Å². The molecule has 88 valence electrons. The van der Waals surface area contributed by atoms with Crippen LogP contribution in [0.15, 0.2) is 6.07 Å². The second kappa shape index (κ2) is 5.08. The van der Waals surface area contributed by atoms with E-state index in [2.05, 4.69) is 21.9 Å². The van der Waals surface area contributed by atoms with Crippen LogP contribution in [0.4, 0.5) is 0 Å². The number of halogens is 1. The van der Waals surface area contributed by atoms with Crippen LogP contribution in [-0.4, -0.2) is 41.2 Å². The summed E-state index contributed by atoms with van der Waals surface area (Å²) in [7, 11) is 2.07. The minimum absolute atomic E-state index is 0.475. The van der Waals surface area contributed by atoms with E-state index in [4.69, 9.17) is 16.3 Å². The molecule has 4 nitrogen and oxygen atoms in total. The third kappa shape index (κ3) is 2.90. The summed E-state index contributed by atoms with van der Waals surface area (Å²) in [5.41, 5.74) is 0.908. The average molecular weight is 242 g/mol. The van der Waals surface area contributed by atoms with Crippen molar-refractivity contribution in [2.24, 2.45) is 0 Å². The summed E-state index contributed by atoms with van der Waals surface area (Å²) in [4.78, 5) is 10.8. The summed E-state index contributed by atoms with van der Waals surface area (Å²) in [5.74, 6) is 0.777. The van der Waals surface area contributed by atoms with Gasteiger partial charge in [-0.05, 0) is 26.5 Å². The Morgan fingerprint density at radius 2 is 2.38 bits per heavy atom. The Bertz CT molecular complexity index is 346. The van der Waals surface area contributed by atoms with E-state index in [0.717, 1.165) is 37.7 Å². The number of hydrogen-bond donors (Lipinski definition) is 0. The second-order valence-electron chi connectivity index (χ2n) is 4.18. The fourth-order valence-corrected chi connectivity index (χ4v) is 2.14. The maximum Gasteiger partial charge on any atom is 0.144 e. The van der Waals surface area contributed by atoms with E-state index in [0.29, 0.717) is 11.2 Å². The number of hydrogen-bond acceptors (Lipinski definition) is 4. The fourth-order valence-electron chi connectivity index (χ4n) is 1.88. The molecule has 1 aliphatic rings. The number of aromatic nitrogens is 2. The van der Waals surface area contributed by atoms with Gasteiger partial charge in [-0.25, -0.2) is 9.97 Å². The standard InChI is InChI=1S/C11H16ClN3O/c1-8-5-10(12)14-11(13-8)6-15(2)9-3-4-16-7-9/h5,9H,3-4,6-7H2,1-2H3. The van der Waals surface area contributed by atoms with Gasteiger partial charge >= 0.3 is 0 Å². The monoisotopic (exact) mass is 241 g/mol. The SMILES string of the molecule is Cc1cc(Cl)nc(CN(C)C2CCOC2)n1. The van der Waals surface area contributed by atoms with Gasteiger partial charge in [-0.3, -0.25) is 4.90 Å². The normalized spacial score (nSPS) is 20.6. The molecule has 0 aromatic carbocycles. The van der Waals surface area contributed by atoms with Crippen LogP contribution >= 0.6 is 11.6 Å². The molecule has 0 bridgehead atoms. The fraction of sp³-hybridized carbons (Fsp3) is 0.636. The zero-order valence-electron chi connectivity index (χ0n) is 9.61. The van der Waals surface area contributed by atoms with Crippen LogP contribution in [0, 0.1) is 6.92 Å². The van der Waals surface area contributed by atoms with Crippen LogP contribution in [-0.2, 0) is 11.3 Å². The smallest absolute Gasteiger partial charge is 0.144 e. The third-order valence-corrected chi connectivity index (χ3v) is 2.98. The molecule has 0 radical (unpaired) electrons. The van der Waals surface area contributed by atoms with Crippen molar-refractivity contribution >= 4 is 11.6 Å². The van der Waals surface area contributed by atoms with Crippen LogP contribution in [0.5, 0.6) is 0 Å². The molecule has 1 unspecified atom stereocenters. The van der Waals surface area contributed by atoms with Crippen molar-refractivity contribution in [1.82, 2.24) is 14.9 Å². The Hall–Kier alpha value is -0.710. The Balaban J connectivity index is 2.02. The lowest BCUT2D eigenvalue weighted by Crippen LogP contribution is -2.32. The first-order valence-electron chi connectivity index (χ1n) is 5.43. The van der Waals surface area contributed by atoms with E-state index in [1.54, 1.807) is 6.07 Å². The maximum atomic E-state index is 5.90. The van der Waals surface area contributed by atoms with E-state index < -0.39 is 0 Å². The van der Waals surface area contributed by atoms with Crippen molar-refractivity contribution in [3.05, 3.63) is 22.7 Å². The number of nitrogens with zero attached hydrogens (tertiary/aromatic N) is 3. The first kappa shape index (κ1) is 11.8. The number of rotatable bonds is 3. The Labute approximate surface area is 101 Å². The van der Waals surface area contributed by atoms with Crippen molar-refractivity contribution in [1.29, 1.82) is 0 Å². The third-order valence-electron chi connectivity index (χ3n) is 2.79. The van der Waals surface area contributed by atoms with E-state index in [-0.39, 0.29) is 0 Å². The Morgan fingerprint density at radius 1 is 1.56 bits per heavy atom. The first-order chi connectivity index (χ1) is 7.65. The molecule has 1 fully saturated rings. The number of aryl methyl sites for hydroxylation is 1. The molecule has 1 atom stereocenters. The predicted octanol–water partition coefficient (Wildman–Crippen LogP) is 1.66. The number of ether oxygens (including phenoxy) is 1. The summed E-state index contributed by atoms with van der Waals surface area (Å²) >= 11 is 5.90. The van der Waals surface area contributed by atoms with Crippen molar-refractivity contribution in [3.8, 4) is 0 Å². The molecule has 0 spiro atoms. The molecular weight excluding hydrogens is 226 g/mol. The molecule has 2 rings (SSSR count). The summed E-state index contributed by atoms with van der Waals surface area (Å²) in [6, 6.07) is 2.24. The molecule has 5 heteroatoms. The van der Waals surface area contributed by atoms with Gasteiger partial charge in [0.15, 0.2) is 0 Å². The van der Waals surface area contributed by atoms with Crippen molar-refractivity contribution in [2.45, 2.75) is 25.9 Å². The quantitative estimate of drug-likeness (QED) is 0.755. The van der Waals surface area contributed by atoms with Gasteiger partial charge in [-0.2, -0.15) is 0 Å². The summed E-state index contributed by atoms with van der Waals surface area (Å²) in [6.07, 6.45) is 1.08. The lowest BCUT2D eigenvalue weighted by atomic mass is 10.2. The van der Waals surface area contributed by atoms with Crippen LogP contribution in [0.25, 0.3) is 0 Å². The number of likely N-dealkylation sites (N-methyl/N-ethyl adjacent to an activating group) is 1. The van der Waals surface area contributed by atoms with Gasteiger partial charge < -0.3 is 4.74 Å². The van der Waals surface area contributed by atoms with Crippen molar-refractivity contribution in [3.63, 3.8) is 0 Å². The zero-order valence-corrected chi connectivity index (χ0v) is 10.4. The van der Waals surface area contributed by atoms with Gasteiger partial charge in [0, 0.05) is 18.3 Å². The summed E-state index contributed by atoms with van der Waals surface area (Å²) in [5, 5.41) is 0.513. The van der Waals surface area contributed by atoms with Crippen LogP contribution in [0.2, 0.25) is 5.15 Å². The van der Waals surface area contributed by atoms with Gasteiger partial charge in [-0.15, -0.1) is 0 Å². The molecule has 0 N–H and O–H groups in total. The molecule has 16 heavy (non-hydrogen) atoms. The molecule has 1 aromatic heterocycles. The lowest BCUT2D eigenvalue weighted by Gasteiger charge is -2.21. The Morgan fingerprint density at radius 3 is 3.00 bits per heavy atom. The van der Waals surface area contributed by atoms with Gasteiger partial charge in [0.1, 0.15) is 11.0 Å². The molecule has 0 aliphatic carbocycles. The predicted molar refractivity (Wildman–Crippen MR) is 62.5 cm³/mol. The highest BCUT2D eigenvalue weighted by Gasteiger charge is 2.20. The van der Waals surface area contributed by atoms with Crippen LogP contribution in [0.3, 0.4) is 0 Å². The largest absolute Gasteiger partial charge is 0.380 e. The highest BCUT2D eigenvalue weighted by molar-refractivity contribution is 6.29.